The minimum atomic E-state index is -1.55. The summed E-state index contributed by atoms with van der Waals surface area (Å²) in [6.07, 6.45) is -0.923. The van der Waals surface area contributed by atoms with Crippen LogP contribution in [-0.4, -0.2) is 84.2 Å². The first-order valence-corrected chi connectivity index (χ1v) is 13.4. The van der Waals surface area contributed by atoms with E-state index in [1.165, 1.54) is 13.8 Å². The molecule has 1 saturated carbocycles. The summed E-state index contributed by atoms with van der Waals surface area (Å²) in [6.45, 7) is 6.40. The van der Waals surface area contributed by atoms with Crippen molar-refractivity contribution in [1.82, 2.24) is 0 Å². The standard InChI is InChI=1S/C29H28O13/c1-12-5-6-28(10-37-13(2)30)19(7-12)40-22-20(21(39-14(3)31)27(28,4)29(22)11-38-29)41-24(34)16-9-18-17(8-15(16)23(32)33)25(35)42-26(18)36/h7-9,19-22H,5-6,10-11H2,1-4H3,(H,32,33)/t19-,20-,21-,22-,27-,28-,29?/m1/s1. The van der Waals surface area contributed by atoms with Crippen LogP contribution >= 0.6 is 0 Å². The van der Waals surface area contributed by atoms with Crippen LogP contribution in [0.2, 0.25) is 0 Å². The first kappa shape index (κ1) is 28.0. The van der Waals surface area contributed by atoms with Gasteiger partial charge < -0.3 is 33.5 Å². The summed E-state index contributed by atoms with van der Waals surface area (Å²) in [7, 11) is 0. The van der Waals surface area contributed by atoms with Gasteiger partial charge in [-0.3, -0.25) is 9.59 Å². The molecular formula is C29H28O13. The number of allylic oxidation sites excluding steroid dienone is 1. The highest BCUT2D eigenvalue weighted by atomic mass is 16.7. The molecule has 13 heteroatoms. The summed E-state index contributed by atoms with van der Waals surface area (Å²) in [5.74, 6) is -5.94. The molecule has 0 aromatic heterocycles. The molecule has 1 aromatic rings. The fourth-order valence-corrected chi connectivity index (χ4v) is 7.36. The van der Waals surface area contributed by atoms with Gasteiger partial charge in [-0.1, -0.05) is 18.6 Å². The number of hydrogen-bond acceptors (Lipinski definition) is 12. The van der Waals surface area contributed by atoms with Gasteiger partial charge in [0, 0.05) is 19.3 Å². The van der Waals surface area contributed by atoms with Gasteiger partial charge in [0.15, 0.2) is 12.2 Å². The molecule has 1 spiro atoms. The van der Waals surface area contributed by atoms with Crippen molar-refractivity contribution in [3.05, 3.63) is 46.0 Å². The first-order chi connectivity index (χ1) is 19.8. The van der Waals surface area contributed by atoms with Gasteiger partial charge in [-0.15, -0.1) is 0 Å². The van der Waals surface area contributed by atoms with Crippen LogP contribution in [0.3, 0.4) is 0 Å². The molecule has 1 N–H and O–H groups in total. The second-order valence-corrected chi connectivity index (χ2v) is 11.6. The predicted molar refractivity (Wildman–Crippen MR) is 135 cm³/mol. The van der Waals surface area contributed by atoms with Crippen molar-refractivity contribution in [3.63, 3.8) is 0 Å². The lowest BCUT2D eigenvalue weighted by atomic mass is 9.51. The third-order valence-electron chi connectivity index (χ3n) is 9.54. The van der Waals surface area contributed by atoms with Crippen LogP contribution < -0.4 is 0 Å². The Morgan fingerprint density at radius 3 is 2.24 bits per heavy atom. The van der Waals surface area contributed by atoms with Gasteiger partial charge in [-0.25, -0.2) is 19.2 Å². The molecule has 222 valence electrons. The maximum Gasteiger partial charge on any atom is 0.346 e. The van der Waals surface area contributed by atoms with Crippen LogP contribution in [-0.2, 0) is 38.0 Å². The highest BCUT2D eigenvalue weighted by Gasteiger charge is 2.86. The molecule has 3 heterocycles. The molecule has 6 rings (SSSR count). The van der Waals surface area contributed by atoms with E-state index in [-0.39, 0.29) is 24.3 Å². The van der Waals surface area contributed by atoms with E-state index in [9.17, 15) is 33.9 Å². The van der Waals surface area contributed by atoms with Gasteiger partial charge in [-0.2, -0.15) is 0 Å². The smallest absolute Gasteiger partial charge is 0.346 e. The Bertz CT molecular complexity index is 1500. The predicted octanol–water partition coefficient (Wildman–Crippen LogP) is 2.00. The number of rotatable bonds is 6. The van der Waals surface area contributed by atoms with Crippen LogP contribution in [0.1, 0.15) is 82.0 Å². The molecule has 2 aliphatic carbocycles. The lowest BCUT2D eigenvalue weighted by molar-refractivity contribution is -0.233. The number of carboxylic acids is 1. The molecule has 5 aliphatic rings. The number of aromatic carboxylic acids is 1. The molecule has 1 unspecified atom stereocenters. The number of epoxide rings is 1. The molecule has 3 aliphatic heterocycles. The maximum absolute atomic E-state index is 13.7. The normalized spacial score (nSPS) is 35.5. The Hall–Kier alpha value is -4.10. The topological polar surface area (TPSA) is 181 Å². The van der Waals surface area contributed by atoms with E-state index in [0.717, 1.165) is 17.7 Å². The van der Waals surface area contributed by atoms with Gasteiger partial charge in [0.2, 0.25) is 0 Å². The summed E-state index contributed by atoms with van der Waals surface area (Å²) >= 11 is 0. The third-order valence-corrected chi connectivity index (χ3v) is 9.54. The number of fused-ring (bicyclic) bond motifs is 3. The Labute approximate surface area is 239 Å². The number of cyclic esters (lactones) is 2. The largest absolute Gasteiger partial charge is 0.478 e. The van der Waals surface area contributed by atoms with Gasteiger partial charge in [0.1, 0.15) is 18.3 Å². The highest BCUT2D eigenvalue weighted by Crippen LogP contribution is 2.72. The van der Waals surface area contributed by atoms with Gasteiger partial charge in [-0.05, 0) is 31.9 Å². The summed E-state index contributed by atoms with van der Waals surface area (Å²) in [6, 6.07) is 1.83. The summed E-state index contributed by atoms with van der Waals surface area (Å²) < 4.78 is 34.6. The van der Waals surface area contributed by atoms with Crippen molar-refractivity contribution in [2.24, 2.45) is 10.8 Å². The third kappa shape index (κ3) is 3.69. The maximum atomic E-state index is 13.7. The van der Waals surface area contributed by atoms with E-state index in [0.29, 0.717) is 12.8 Å². The van der Waals surface area contributed by atoms with E-state index in [1.54, 1.807) is 0 Å². The zero-order chi connectivity index (χ0) is 30.4. The van der Waals surface area contributed by atoms with Crippen molar-refractivity contribution in [3.8, 4) is 0 Å². The molecule has 1 aromatic carbocycles. The minimum absolute atomic E-state index is 0.0757. The van der Waals surface area contributed by atoms with Crippen LogP contribution in [0.5, 0.6) is 0 Å². The number of ether oxygens (including phenoxy) is 6. The van der Waals surface area contributed by atoms with Crippen molar-refractivity contribution in [2.75, 3.05) is 13.2 Å². The summed E-state index contributed by atoms with van der Waals surface area (Å²) in [4.78, 5) is 74.4. The van der Waals surface area contributed by atoms with E-state index >= 15 is 0 Å². The molecule has 0 radical (unpaired) electrons. The monoisotopic (exact) mass is 584 g/mol. The number of carbonyl (C=O) groups excluding carboxylic acids is 5. The number of carbonyl (C=O) groups is 6. The minimum Gasteiger partial charge on any atom is -0.478 e. The van der Waals surface area contributed by atoms with Crippen molar-refractivity contribution in [2.45, 2.75) is 70.6 Å². The molecule has 42 heavy (non-hydrogen) atoms. The number of carboxylic acid groups (broad SMARTS) is 1. The van der Waals surface area contributed by atoms with Crippen LogP contribution in [0.15, 0.2) is 23.8 Å². The molecule has 7 atom stereocenters. The SMILES string of the molecule is CC(=O)OC[C@]12CCC(C)=C[C@H]1O[C@@H]1[C@H](OC(=O)c3cc4c(cc3C(=O)O)C(=O)OC4=O)[C@@H](OC(C)=O)[C@@]2(C)C12CO2. The zero-order valence-corrected chi connectivity index (χ0v) is 23.2. The Kier molecular flexibility index (Phi) is 6.14. The second kappa shape index (κ2) is 9.20. The Morgan fingerprint density at radius 1 is 1.02 bits per heavy atom. The van der Waals surface area contributed by atoms with E-state index in [1.807, 2.05) is 19.9 Å². The Balaban J connectivity index is 1.45. The molecule has 2 saturated heterocycles. The van der Waals surface area contributed by atoms with E-state index in [4.69, 9.17) is 23.7 Å². The van der Waals surface area contributed by atoms with Gasteiger partial charge >= 0.3 is 35.8 Å². The van der Waals surface area contributed by atoms with Crippen molar-refractivity contribution >= 4 is 35.8 Å². The fraction of sp³-hybridized carbons (Fsp3) is 0.517. The van der Waals surface area contributed by atoms with Crippen LogP contribution in [0.25, 0.3) is 0 Å². The average molecular weight is 585 g/mol. The van der Waals surface area contributed by atoms with Gasteiger partial charge in [0.05, 0.1) is 40.4 Å². The van der Waals surface area contributed by atoms with Crippen molar-refractivity contribution < 1.29 is 62.3 Å². The lowest BCUT2D eigenvalue weighted by Crippen LogP contribution is -2.66. The van der Waals surface area contributed by atoms with Gasteiger partial charge in [0.25, 0.3) is 0 Å². The molecule has 13 nitrogen and oxygen atoms in total. The summed E-state index contributed by atoms with van der Waals surface area (Å²) in [5.41, 5.74) is -3.71. The van der Waals surface area contributed by atoms with Crippen LogP contribution in [0, 0.1) is 10.8 Å². The lowest BCUT2D eigenvalue weighted by Gasteiger charge is -2.57. The highest BCUT2D eigenvalue weighted by molar-refractivity contribution is 6.17. The van der Waals surface area contributed by atoms with Crippen LogP contribution in [0.4, 0.5) is 0 Å². The molecule has 0 amide bonds. The van der Waals surface area contributed by atoms with Crippen molar-refractivity contribution in [1.29, 1.82) is 0 Å². The second-order valence-electron chi connectivity index (χ2n) is 11.6. The number of esters is 5. The fourth-order valence-electron chi connectivity index (χ4n) is 7.36. The zero-order valence-electron chi connectivity index (χ0n) is 23.2. The number of benzene rings is 1. The molecule has 2 bridgehead atoms. The molecular weight excluding hydrogens is 556 g/mol. The van der Waals surface area contributed by atoms with E-state index < -0.39 is 87.8 Å². The summed E-state index contributed by atoms with van der Waals surface area (Å²) in [5, 5.41) is 9.81. The first-order valence-electron chi connectivity index (χ1n) is 13.4. The quantitative estimate of drug-likeness (QED) is 0.169. The Morgan fingerprint density at radius 2 is 1.67 bits per heavy atom. The average Bonchev–Trinajstić information content (AvgIpc) is 3.65. The number of hydrogen-bond donors (Lipinski definition) is 1. The molecule has 3 fully saturated rings. The van der Waals surface area contributed by atoms with E-state index in [2.05, 4.69) is 4.74 Å².